The summed E-state index contributed by atoms with van der Waals surface area (Å²) in [5.74, 6) is 1.94. The van der Waals surface area contributed by atoms with Gasteiger partial charge in [0.2, 0.25) is 5.95 Å². The maximum absolute atomic E-state index is 12.8. The molecule has 0 unspecified atom stereocenters. The van der Waals surface area contributed by atoms with Gasteiger partial charge >= 0.3 is 0 Å². The zero-order valence-corrected chi connectivity index (χ0v) is 18.7. The molecule has 4 aromatic rings. The van der Waals surface area contributed by atoms with Crippen molar-refractivity contribution < 1.29 is 9.47 Å². The van der Waals surface area contributed by atoms with Crippen LogP contribution in [0.1, 0.15) is 42.5 Å². The van der Waals surface area contributed by atoms with Gasteiger partial charge in [0, 0.05) is 11.1 Å². The SMILES string of the molecule is COc1ccc(-c2n[nH]c(=O)c3c2[C@H](c2ccc(C(C)C)cc2)n2nnnc2N3)cc1OC. The van der Waals surface area contributed by atoms with Crippen molar-refractivity contribution in [2.45, 2.75) is 25.8 Å². The molecule has 0 bridgehead atoms. The first-order valence-corrected chi connectivity index (χ1v) is 10.5. The van der Waals surface area contributed by atoms with Crippen LogP contribution in [0.3, 0.4) is 0 Å². The van der Waals surface area contributed by atoms with Gasteiger partial charge in [-0.2, -0.15) is 9.78 Å². The van der Waals surface area contributed by atoms with Crippen LogP contribution in [0.5, 0.6) is 11.5 Å². The van der Waals surface area contributed by atoms with E-state index in [4.69, 9.17) is 9.47 Å². The zero-order chi connectivity index (χ0) is 23.1. The molecule has 5 rings (SSSR count). The van der Waals surface area contributed by atoms with Crippen molar-refractivity contribution in [2.24, 2.45) is 0 Å². The molecule has 2 aromatic carbocycles. The number of rotatable bonds is 5. The Hall–Kier alpha value is -4.21. The van der Waals surface area contributed by atoms with E-state index in [0.29, 0.717) is 40.3 Å². The van der Waals surface area contributed by atoms with Crippen molar-refractivity contribution in [1.29, 1.82) is 0 Å². The van der Waals surface area contributed by atoms with Crippen LogP contribution < -0.4 is 20.3 Å². The van der Waals surface area contributed by atoms with Crippen molar-refractivity contribution >= 4 is 11.6 Å². The Morgan fingerprint density at radius 3 is 2.48 bits per heavy atom. The molecule has 2 aromatic heterocycles. The first-order valence-electron chi connectivity index (χ1n) is 10.5. The number of benzene rings is 2. The van der Waals surface area contributed by atoms with Gasteiger partial charge in [0.05, 0.1) is 19.9 Å². The fourth-order valence-electron chi connectivity index (χ4n) is 4.11. The number of nitrogens with one attached hydrogen (secondary N) is 2. The number of hydrogen-bond donors (Lipinski definition) is 2. The van der Waals surface area contributed by atoms with Gasteiger partial charge in [-0.3, -0.25) is 4.79 Å². The Labute approximate surface area is 189 Å². The molecule has 33 heavy (non-hydrogen) atoms. The van der Waals surface area contributed by atoms with Crippen molar-refractivity contribution in [2.75, 3.05) is 19.5 Å². The number of anilines is 2. The van der Waals surface area contributed by atoms with E-state index in [1.54, 1.807) is 25.0 Å². The summed E-state index contributed by atoms with van der Waals surface area (Å²) in [6, 6.07) is 13.3. The average Bonchev–Trinajstić information content (AvgIpc) is 3.31. The first-order chi connectivity index (χ1) is 16.0. The van der Waals surface area contributed by atoms with Crippen LogP contribution in [0.15, 0.2) is 47.3 Å². The lowest BCUT2D eigenvalue weighted by atomic mass is 9.91. The largest absolute Gasteiger partial charge is 0.493 e. The van der Waals surface area contributed by atoms with Crippen LogP contribution in [0, 0.1) is 0 Å². The van der Waals surface area contributed by atoms with Gasteiger partial charge in [-0.15, -0.1) is 0 Å². The number of ether oxygens (including phenoxy) is 2. The molecule has 2 N–H and O–H groups in total. The predicted molar refractivity (Wildman–Crippen MR) is 122 cm³/mol. The quantitative estimate of drug-likeness (QED) is 0.423. The van der Waals surface area contributed by atoms with E-state index in [2.05, 4.69) is 57.0 Å². The van der Waals surface area contributed by atoms with Crippen LogP contribution in [0.25, 0.3) is 11.3 Å². The summed E-state index contributed by atoms with van der Waals surface area (Å²) in [6.07, 6.45) is 0. The molecular formula is C23H23N7O3. The van der Waals surface area contributed by atoms with Crippen molar-refractivity contribution in [3.63, 3.8) is 0 Å². The van der Waals surface area contributed by atoms with Gasteiger partial charge in [0.15, 0.2) is 11.5 Å². The van der Waals surface area contributed by atoms with E-state index in [9.17, 15) is 4.79 Å². The summed E-state index contributed by atoms with van der Waals surface area (Å²) in [6.45, 7) is 4.29. The van der Waals surface area contributed by atoms with Crippen LogP contribution in [-0.2, 0) is 0 Å². The fraction of sp³-hybridized carbons (Fsp3) is 0.261. The summed E-state index contributed by atoms with van der Waals surface area (Å²) >= 11 is 0. The van der Waals surface area contributed by atoms with E-state index in [1.165, 1.54) is 5.56 Å². The van der Waals surface area contributed by atoms with E-state index in [-0.39, 0.29) is 5.56 Å². The van der Waals surface area contributed by atoms with Gasteiger partial charge < -0.3 is 14.8 Å². The molecule has 1 aliphatic rings. The summed E-state index contributed by atoms with van der Waals surface area (Å²) in [5, 5.41) is 22.2. The fourth-order valence-corrected chi connectivity index (χ4v) is 4.11. The molecule has 10 heteroatoms. The van der Waals surface area contributed by atoms with Gasteiger partial charge in [0.25, 0.3) is 5.56 Å². The number of tetrazole rings is 1. The van der Waals surface area contributed by atoms with E-state index >= 15 is 0 Å². The lowest BCUT2D eigenvalue weighted by molar-refractivity contribution is 0.355. The Morgan fingerprint density at radius 2 is 1.79 bits per heavy atom. The second kappa shape index (κ2) is 8.05. The smallest absolute Gasteiger partial charge is 0.288 e. The third-order valence-electron chi connectivity index (χ3n) is 5.84. The minimum Gasteiger partial charge on any atom is -0.493 e. The number of H-pyrrole nitrogens is 1. The molecule has 1 atom stereocenters. The topological polar surface area (TPSA) is 120 Å². The summed E-state index contributed by atoms with van der Waals surface area (Å²) in [5.41, 5.74) is 4.16. The first kappa shape index (κ1) is 20.7. The Kier molecular flexibility index (Phi) is 5.04. The van der Waals surface area contributed by atoms with Gasteiger partial charge in [0.1, 0.15) is 11.7 Å². The van der Waals surface area contributed by atoms with Crippen LogP contribution in [0.4, 0.5) is 11.6 Å². The molecule has 3 heterocycles. The normalized spacial score (nSPS) is 14.4. The predicted octanol–water partition coefficient (Wildman–Crippen LogP) is 3.26. The number of aromatic amines is 1. The van der Waals surface area contributed by atoms with E-state index < -0.39 is 6.04 Å². The molecule has 0 aliphatic carbocycles. The second-order valence-electron chi connectivity index (χ2n) is 8.06. The highest BCUT2D eigenvalue weighted by molar-refractivity contribution is 5.76. The molecule has 0 saturated heterocycles. The van der Waals surface area contributed by atoms with Gasteiger partial charge in [-0.1, -0.05) is 43.2 Å². The number of methoxy groups -OCH3 is 2. The average molecular weight is 445 g/mol. The molecule has 10 nitrogen and oxygen atoms in total. The van der Waals surface area contributed by atoms with Crippen LogP contribution in [0.2, 0.25) is 0 Å². The number of hydrogen-bond acceptors (Lipinski definition) is 8. The highest BCUT2D eigenvalue weighted by atomic mass is 16.5. The van der Waals surface area contributed by atoms with E-state index in [1.807, 2.05) is 24.3 Å². The van der Waals surface area contributed by atoms with Crippen molar-refractivity contribution in [3.8, 4) is 22.8 Å². The summed E-state index contributed by atoms with van der Waals surface area (Å²) in [7, 11) is 3.16. The molecule has 0 amide bonds. The Bertz CT molecular complexity index is 1380. The lowest BCUT2D eigenvalue weighted by Crippen LogP contribution is -2.29. The highest BCUT2D eigenvalue weighted by Crippen LogP contribution is 2.42. The van der Waals surface area contributed by atoms with Crippen LogP contribution in [-0.4, -0.2) is 44.6 Å². The van der Waals surface area contributed by atoms with Crippen molar-refractivity contribution in [3.05, 3.63) is 69.5 Å². The molecule has 0 saturated carbocycles. The molecule has 0 radical (unpaired) electrons. The monoisotopic (exact) mass is 445 g/mol. The minimum atomic E-state index is -0.453. The molecule has 168 valence electrons. The number of nitrogens with zero attached hydrogens (tertiary/aromatic N) is 5. The van der Waals surface area contributed by atoms with Crippen molar-refractivity contribution in [1.82, 2.24) is 30.4 Å². The standard InChI is InChI=1S/C23H23N7O3/c1-12(2)13-5-7-14(8-6-13)21-18-19(15-9-10-16(32-3)17(11-15)33-4)25-26-22(31)20(18)24-23-27-28-29-30(21)23/h5-12,21H,1-4H3,(H,26,31)(H,24,27,29)/t21-/m0/s1. The maximum Gasteiger partial charge on any atom is 0.288 e. The Balaban J connectivity index is 1.75. The van der Waals surface area contributed by atoms with Gasteiger partial charge in [-0.25, -0.2) is 5.10 Å². The number of aromatic nitrogens is 6. The third-order valence-corrected chi connectivity index (χ3v) is 5.84. The molecular weight excluding hydrogens is 422 g/mol. The lowest BCUT2D eigenvalue weighted by Gasteiger charge is -2.28. The van der Waals surface area contributed by atoms with Gasteiger partial charge in [-0.05, 0) is 45.7 Å². The number of fused-ring (bicyclic) bond motifs is 2. The minimum absolute atomic E-state index is 0.354. The third kappa shape index (κ3) is 3.39. The maximum atomic E-state index is 12.8. The highest BCUT2D eigenvalue weighted by Gasteiger charge is 2.34. The second-order valence-corrected chi connectivity index (χ2v) is 8.06. The molecule has 1 aliphatic heterocycles. The molecule has 0 spiro atoms. The summed E-state index contributed by atoms with van der Waals surface area (Å²) < 4.78 is 12.5. The van der Waals surface area contributed by atoms with Crippen LogP contribution >= 0.6 is 0 Å². The zero-order valence-electron chi connectivity index (χ0n) is 18.7. The molecule has 0 fully saturated rings. The summed E-state index contributed by atoms with van der Waals surface area (Å²) in [4.78, 5) is 12.8. The van der Waals surface area contributed by atoms with E-state index in [0.717, 1.165) is 11.1 Å². The Morgan fingerprint density at radius 1 is 1.03 bits per heavy atom.